The van der Waals surface area contributed by atoms with E-state index in [2.05, 4.69) is 0 Å². The van der Waals surface area contributed by atoms with Crippen molar-refractivity contribution in [1.82, 2.24) is 0 Å². The van der Waals surface area contributed by atoms with Crippen molar-refractivity contribution >= 4 is 41.5 Å². The summed E-state index contributed by atoms with van der Waals surface area (Å²) in [6.45, 7) is 3.59. The van der Waals surface area contributed by atoms with Gasteiger partial charge < -0.3 is 24.1 Å². The Balaban J connectivity index is 5.79. The lowest BCUT2D eigenvalue weighted by atomic mass is 10.0. The Morgan fingerprint density at radius 2 is 1.25 bits per heavy atom. The van der Waals surface area contributed by atoms with E-state index in [1.54, 1.807) is 0 Å². The Bertz CT molecular complexity index is 491. The van der Waals surface area contributed by atoms with Crippen molar-refractivity contribution in [2.75, 3.05) is 6.61 Å². The number of carbonyl (C=O) groups is 4. The summed E-state index contributed by atoms with van der Waals surface area (Å²) in [5.74, 6) is -3.08. The average Bonchev–Trinajstić information content (AvgIpc) is 2.45. The molecule has 0 aliphatic carbocycles. The van der Waals surface area contributed by atoms with Crippen LogP contribution < -0.4 is 0 Å². The van der Waals surface area contributed by atoms with Gasteiger partial charge in [-0.15, -0.1) is 0 Å². The van der Waals surface area contributed by atoms with Crippen LogP contribution >= 0.6 is 12.2 Å². The van der Waals surface area contributed by atoms with E-state index in [0.29, 0.717) is 0 Å². The third-order valence-electron chi connectivity index (χ3n) is 2.55. The minimum atomic E-state index is -1.44. The molecule has 0 radical (unpaired) electrons. The fraction of sp³-hybridized carbons (Fsp3) is 0.643. The van der Waals surface area contributed by atoms with E-state index in [1.165, 1.54) is 0 Å². The van der Waals surface area contributed by atoms with Gasteiger partial charge in [0.1, 0.15) is 0 Å². The summed E-state index contributed by atoms with van der Waals surface area (Å²) < 4.78 is 19.9. The number of aliphatic hydroxyl groups is 1. The molecule has 0 aliphatic heterocycles. The van der Waals surface area contributed by atoms with E-state index >= 15 is 0 Å². The number of aliphatic hydroxyl groups excluding tert-OH is 1. The molecule has 0 amide bonds. The van der Waals surface area contributed by atoms with E-state index in [0.717, 1.165) is 33.1 Å². The summed E-state index contributed by atoms with van der Waals surface area (Å²) in [6, 6.07) is 0. The van der Waals surface area contributed by atoms with Crippen molar-refractivity contribution in [2.45, 2.75) is 52.1 Å². The van der Waals surface area contributed by atoms with Gasteiger partial charge in [-0.3, -0.25) is 19.2 Å². The molecule has 0 rings (SSSR count). The fourth-order valence-corrected chi connectivity index (χ4v) is 2.05. The molecule has 0 bridgehead atoms. The second-order valence-electron chi connectivity index (χ2n) is 4.69. The van der Waals surface area contributed by atoms with E-state index in [4.69, 9.17) is 31.2 Å². The lowest BCUT2D eigenvalue weighted by molar-refractivity contribution is -0.195. The predicted molar refractivity (Wildman–Crippen MR) is 83.0 cm³/mol. The molecule has 0 saturated heterocycles. The molecule has 0 aromatic carbocycles. The molecule has 0 heterocycles. The van der Waals surface area contributed by atoms with Gasteiger partial charge in [-0.2, -0.15) is 0 Å². The van der Waals surface area contributed by atoms with Crippen LogP contribution in [0.15, 0.2) is 0 Å². The Morgan fingerprint density at radius 3 is 1.58 bits per heavy atom. The van der Waals surface area contributed by atoms with Crippen LogP contribution in [-0.2, 0) is 38.1 Å². The van der Waals surface area contributed by atoms with Crippen LogP contribution in [0.2, 0.25) is 0 Å². The zero-order valence-electron chi connectivity index (χ0n) is 13.7. The van der Waals surface area contributed by atoms with Crippen molar-refractivity contribution in [2.24, 2.45) is 0 Å². The number of rotatable bonds is 9. The molecule has 0 unspecified atom stereocenters. The molecular formula is C14H20O9S. The first kappa shape index (κ1) is 21.9. The van der Waals surface area contributed by atoms with Crippen LogP contribution in [0.4, 0.5) is 0 Å². The summed E-state index contributed by atoms with van der Waals surface area (Å²) in [5.41, 5.74) is 0. The zero-order chi connectivity index (χ0) is 18.9. The molecular weight excluding hydrogens is 344 g/mol. The highest BCUT2D eigenvalue weighted by molar-refractivity contribution is 7.79. The van der Waals surface area contributed by atoms with Gasteiger partial charge in [0, 0.05) is 33.1 Å². The maximum absolute atomic E-state index is 11.4. The van der Waals surface area contributed by atoms with Crippen LogP contribution in [0.3, 0.4) is 0 Å². The topological polar surface area (TPSA) is 125 Å². The minimum Gasteiger partial charge on any atom is -0.456 e. The molecule has 10 heteroatoms. The Kier molecular flexibility index (Phi) is 9.74. The maximum atomic E-state index is 11.4. The van der Waals surface area contributed by atoms with Crippen molar-refractivity contribution in [3.05, 3.63) is 0 Å². The van der Waals surface area contributed by atoms with Gasteiger partial charge >= 0.3 is 23.9 Å². The van der Waals surface area contributed by atoms with Crippen LogP contribution in [0, 0.1) is 0 Å². The molecule has 0 aromatic heterocycles. The van der Waals surface area contributed by atoms with Crippen LogP contribution in [0.1, 0.15) is 27.7 Å². The van der Waals surface area contributed by atoms with Crippen LogP contribution in [0.5, 0.6) is 0 Å². The maximum Gasteiger partial charge on any atom is 0.303 e. The number of ether oxygens (including phenoxy) is 4. The average molecular weight is 364 g/mol. The highest BCUT2D eigenvalue weighted by Gasteiger charge is 2.42. The van der Waals surface area contributed by atoms with Crippen molar-refractivity contribution in [1.29, 1.82) is 0 Å². The molecule has 0 fully saturated rings. The lowest BCUT2D eigenvalue weighted by Gasteiger charge is -2.33. The van der Waals surface area contributed by atoms with Crippen LogP contribution in [-0.4, -0.2) is 65.4 Å². The smallest absolute Gasteiger partial charge is 0.303 e. The quantitative estimate of drug-likeness (QED) is 0.331. The second-order valence-corrected chi connectivity index (χ2v) is 4.96. The van der Waals surface area contributed by atoms with Crippen molar-refractivity contribution in [3.63, 3.8) is 0 Å². The largest absolute Gasteiger partial charge is 0.456 e. The van der Waals surface area contributed by atoms with Crippen LogP contribution in [0.25, 0.3) is 0 Å². The lowest BCUT2D eigenvalue weighted by Crippen LogP contribution is -2.53. The number of carbonyl (C=O) groups excluding carboxylic acids is 4. The molecule has 0 aliphatic rings. The third-order valence-corrected chi connectivity index (χ3v) is 2.82. The van der Waals surface area contributed by atoms with E-state index < -0.39 is 54.9 Å². The Hall–Kier alpha value is -2.07. The zero-order valence-corrected chi connectivity index (χ0v) is 14.5. The van der Waals surface area contributed by atoms with Crippen molar-refractivity contribution in [3.8, 4) is 0 Å². The monoisotopic (exact) mass is 364 g/mol. The van der Waals surface area contributed by atoms with Gasteiger partial charge in [0.25, 0.3) is 0 Å². The van der Waals surface area contributed by atoms with Gasteiger partial charge in [0.15, 0.2) is 24.4 Å². The molecule has 24 heavy (non-hydrogen) atoms. The van der Waals surface area contributed by atoms with Gasteiger partial charge in [-0.1, -0.05) is 12.2 Å². The highest BCUT2D eigenvalue weighted by Crippen LogP contribution is 2.18. The predicted octanol–water partition coefficient (Wildman–Crippen LogP) is -0.295. The number of esters is 4. The molecule has 0 aromatic rings. The van der Waals surface area contributed by atoms with Crippen molar-refractivity contribution < 1.29 is 43.2 Å². The summed E-state index contributed by atoms with van der Waals surface area (Å²) in [4.78, 5) is 45.1. The number of hydrogen-bond acceptors (Lipinski definition) is 10. The molecule has 0 saturated carbocycles. The number of hydrogen-bond donors (Lipinski definition) is 1. The van der Waals surface area contributed by atoms with E-state index in [9.17, 15) is 24.3 Å². The first-order chi connectivity index (χ1) is 11.1. The van der Waals surface area contributed by atoms with E-state index in [1.807, 2.05) is 0 Å². The molecule has 9 nitrogen and oxygen atoms in total. The van der Waals surface area contributed by atoms with Gasteiger partial charge in [-0.05, 0) is 0 Å². The first-order valence-electron chi connectivity index (χ1n) is 6.87. The van der Waals surface area contributed by atoms with E-state index in [-0.39, 0.29) is 0 Å². The summed E-state index contributed by atoms with van der Waals surface area (Å²) in [6.07, 6.45) is -5.48. The SMILES string of the molecule is CC(=O)O[C@H]([C@H](OC(C)=O)[C@H](C=S)OC(C)=O)[C@@H](CO)OC(C)=O. The Morgan fingerprint density at radius 1 is 0.833 bits per heavy atom. The third kappa shape index (κ3) is 7.97. The molecule has 136 valence electrons. The fourth-order valence-electron chi connectivity index (χ4n) is 1.84. The highest BCUT2D eigenvalue weighted by atomic mass is 32.1. The van der Waals surface area contributed by atoms with Gasteiger partial charge in [-0.25, -0.2) is 0 Å². The first-order valence-corrected chi connectivity index (χ1v) is 7.34. The molecule has 1 N–H and O–H groups in total. The summed E-state index contributed by atoms with van der Waals surface area (Å²) >= 11 is 4.76. The summed E-state index contributed by atoms with van der Waals surface area (Å²) in [5, 5.41) is 10.4. The molecule has 4 atom stereocenters. The minimum absolute atomic E-state index is 0.729. The normalized spacial score (nSPS) is 15.2. The molecule has 0 spiro atoms. The standard InChI is InChI=1S/C14H20O9S/c1-7(16)20-11(5-15)13(22-9(3)18)14(23-10(4)19)12(6-24)21-8(2)17/h6,11-15H,5H2,1-4H3/t11-,12+,13+,14-/m1/s1. The number of thiocarbonyl (C=S) groups is 1. The van der Waals surface area contributed by atoms with Gasteiger partial charge in [0.2, 0.25) is 0 Å². The van der Waals surface area contributed by atoms with Gasteiger partial charge in [0.05, 0.1) is 6.61 Å². The second kappa shape index (κ2) is 10.7. The Labute approximate surface area is 144 Å². The summed E-state index contributed by atoms with van der Waals surface area (Å²) in [7, 11) is 0.